The zero-order chi connectivity index (χ0) is 18.7. The molecule has 8 heteroatoms. The van der Waals surface area contributed by atoms with E-state index >= 15 is 0 Å². The van der Waals surface area contributed by atoms with Crippen molar-refractivity contribution in [2.45, 2.75) is 19.1 Å². The Labute approximate surface area is 156 Å². The Balaban J connectivity index is 1.71. The van der Waals surface area contributed by atoms with Crippen molar-refractivity contribution < 1.29 is 14.4 Å². The van der Waals surface area contributed by atoms with E-state index in [9.17, 15) is 4.79 Å². The SMILES string of the molecule is COc1ccc(NC(=O)CC2(C)N=C(c3cccc(Cl)c3)N(C)O2)cn1. The third kappa shape index (κ3) is 4.12. The Bertz CT molecular complexity index is 841. The molecule has 1 N–H and O–H groups in total. The second-order valence-corrected chi connectivity index (χ2v) is 6.46. The number of hydrogen-bond donors (Lipinski definition) is 1. The van der Waals surface area contributed by atoms with Gasteiger partial charge in [0.15, 0.2) is 11.6 Å². The zero-order valence-corrected chi connectivity index (χ0v) is 15.4. The first-order chi connectivity index (χ1) is 12.4. The van der Waals surface area contributed by atoms with Gasteiger partial charge in [0.25, 0.3) is 0 Å². The van der Waals surface area contributed by atoms with Crippen LogP contribution in [0.2, 0.25) is 5.02 Å². The highest BCUT2D eigenvalue weighted by atomic mass is 35.5. The van der Waals surface area contributed by atoms with Gasteiger partial charge in [0, 0.05) is 23.7 Å². The molecule has 1 amide bonds. The number of nitrogens with one attached hydrogen (secondary N) is 1. The van der Waals surface area contributed by atoms with Crippen molar-refractivity contribution in [1.82, 2.24) is 10.0 Å². The van der Waals surface area contributed by atoms with Crippen LogP contribution in [0.5, 0.6) is 5.88 Å². The number of aliphatic imine (C=N–C) groups is 1. The number of anilines is 1. The van der Waals surface area contributed by atoms with Crippen LogP contribution in [0.1, 0.15) is 18.9 Å². The van der Waals surface area contributed by atoms with Gasteiger partial charge in [0.2, 0.25) is 11.8 Å². The summed E-state index contributed by atoms with van der Waals surface area (Å²) in [4.78, 5) is 26.8. The molecule has 0 saturated heterocycles. The fourth-order valence-electron chi connectivity index (χ4n) is 2.68. The predicted octanol–water partition coefficient (Wildman–Crippen LogP) is 3.11. The van der Waals surface area contributed by atoms with Gasteiger partial charge in [-0.3, -0.25) is 4.79 Å². The first-order valence-electron chi connectivity index (χ1n) is 7.97. The standard InChI is InChI=1S/C18H19ClN4O3/c1-18(10-15(24)21-14-7-8-16(25-3)20-11-14)22-17(23(2)26-18)12-5-4-6-13(19)9-12/h4-9,11H,10H2,1-3H3,(H,21,24). The topological polar surface area (TPSA) is 76.0 Å². The van der Waals surface area contributed by atoms with Crippen LogP contribution in [0.3, 0.4) is 0 Å². The monoisotopic (exact) mass is 374 g/mol. The molecule has 26 heavy (non-hydrogen) atoms. The first kappa shape index (κ1) is 18.2. The summed E-state index contributed by atoms with van der Waals surface area (Å²) in [5.74, 6) is 0.865. The number of methoxy groups -OCH3 is 1. The van der Waals surface area contributed by atoms with Gasteiger partial charge in [-0.25, -0.2) is 19.9 Å². The molecule has 1 aromatic carbocycles. The smallest absolute Gasteiger partial charge is 0.229 e. The van der Waals surface area contributed by atoms with E-state index in [1.54, 1.807) is 43.3 Å². The summed E-state index contributed by atoms with van der Waals surface area (Å²) in [6, 6.07) is 10.7. The molecule has 136 valence electrons. The molecule has 0 spiro atoms. The normalized spacial score (nSPS) is 19.2. The molecule has 1 atom stereocenters. The highest BCUT2D eigenvalue weighted by Crippen LogP contribution is 2.29. The van der Waals surface area contributed by atoms with Crippen molar-refractivity contribution in [3.8, 4) is 5.88 Å². The third-order valence-corrected chi connectivity index (χ3v) is 4.01. The average molecular weight is 375 g/mol. The second kappa shape index (κ2) is 7.31. The van der Waals surface area contributed by atoms with E-state index in [1.807, 2.05) is 12.1 Å². The van der Waals surface area contributed by atoms with Gasteiger partial charge < -0.3 is 10.1 Å². The summed E-state index contributed by atoms with van der Waals surface area (Å²) in [5, 5.41) is 4.94. The average Bonchev–Trinajstić information content (AvgIpc) is 2.89. The Kier molecular flexibility index (Phi) is 5.11. The number of benzene rings is 1. The maximum absolute atomic E-state index is 12.4. The number of rotatable bonds is 5. The number of nitrogens with zero attached hydrogens (tertiary/aromatic N) is 3. The summed E-state index contributed by atoms with van der Waals surface area (Å²) in [6.45, 7) is 1.76. The van der Waals surface area contributed by atoms with E-state index in [1.165, 1.54) is 13.3 Å². The molecule has 3 rings (SSSR count). The van der Waals surface area contributed by atoms with Crippen LogP contribution in [-0.2, 0) is 9.63 Å². The minimum atomic E-state index is -1.00. The minimum absolute atomic E-state index is 0.0490. The van der Waals surface area contributed by atoms with Crippen LogP contribution in [0.4, 0.5) is 5.69 Å². The molecule has 0 saturated carbocycles. The van der Waals surface area contributed by atoms with Crippen molar-refractivity contribution in [2.24, 2.45) is 4.99 Å². The molecule has 0 bridgehead atoms. The number of amidine groups is 1. The van der Waals surface area contributed by atoms with Crippen LogP contribution < -0.4 is 10.1 Å². The molecule has 0 aliphatic carbocycles. The van der Waals surface area contributed by atoms with Gasteiger partial charge >= 0.3 is 0 Å². The number of hydroxylamine groups is 2. The largest absolute Gasteiger partial charge is 0.481 e. The lowest BCUT2D eigenvalue weighted by molar-refractivity contribution is -0.164. The molecule has 1 aromatic heterocycles. The first-order valence-corrected chi connectivity index (χ1v) is 8.35. The molecule has 1 aliphatic heterocycles. The number of pyridine rings is 1. The summed E-state index contributed by atoms with van der Waals surface area (Å²) in [5.41, 5.74) is 0.393. The van der Waals surface area contributed by atoms with E-state index in [0.29, 0.717) is 22.4 Å². The van der Waals surface area contributed by atoms with Gasteiger partial charge in [-0.15, -0.1) is 0 Å². The molecule has 0 fully saturated rings. The van der Waals surface area contributed by atoms with Crippen molar-refractivity contribution >= 4 is 29.0 Å². The van der Waals surface area contributed by atoms with Gasteiger partial charge in [-0.05, 0) is 25.1 Å². The lowest BCUT2D eigenvalue weighted by Crippen LogP contribution is -2.32. The number of ether oxygens (including phenoxy) is 1. The molecule has 1 aliphatic rings. The van der Waals surface area contributed by atoms with Crippen molar-refractivity contribution in [3.05, 3.63) is 53.2 Å². The van der Waals surface area contributed by atoms with Crippen molar-refractivity contribution in [1.29, 1.82) is 0 Å². The van der Waals surface area contributed by atoms with Crippen LogP contribution >= 0.6 is 11.6 Å². The number of halogens is 1. The van der Waals surface area contributed by atoms with Gasteiger partial charge in [-0.2, -0.15) is 0 Å². The Morgan fingerprint density at radius 3 is 2.85 bits per heavy atom. The van der Waals surface area contributed by atoms with Crippen LogP contribution in [-0.4, -0.2) is 41.7 Å². The Morgan fingerprint density at radius 1 is 1.38 bits per heavy atom. The van der Waals surface area contributed by atoms with Crippen molar-refractivity contribution in [2.75, 3.05) is 19.5 Å². The predicted molar refractivity (Wildman–Crippen MR) is 99.3 cm³/mol. The Hall–Kier alpha value is -2.64. The lowest BCUT2D eigenvalue weighted by Gasteiger charge is -2.21. The molecule has 0 radical (unpaired) electrons. The lowest BCUT2D eigenvalue weighted by atomic mass is 10.1. The van der Waals surface area contributed by atoms with Crippen LogP contribution in [0, 0.1) is 0 Å². The van der Waals surface area contributed by atoms with E-state index in [4.69, 9.17) is 21.2 Å². The third-order valence-electron chi connectivity index (χ3n) is 3.77. The van der Waals surface area contributed by atoms with E-state index in [-0.39, 0.29) is 12.3 Å². The summed E-state index contributed by atoms with van der Waals surface area (Å²) >= 11 is 6.04. The van der Waals surface area contributed by atoms with Crippen LogP contribution in [0.25, 0.3) is 0 Å². The summed E-state index contributed by atoms with van der Waals surface area (Å²) < 4.78 is 5.00. The van der Waals surface area contributed by atoms with E-state index < -0.39 is 5.72 Å². The number of aromatic nitrogens is 1. The maximum Gasteiger partial charge on any atom is 0.229 e. The zero-order valence-electron chi connectivity index (χ0n) is 14.7. The molecular weight excluding hydrogens is 356 g/mol. The highest BCUT2D eigenvalue weighted by molar-refractivity contribution is 6.31. The Morgan fingerprint density at radius 2 is 2.19 bits per heavy atom. The maximum atomic E-state index is 12.4. The van der Waals surface area contributed by atoms with E-state index in [2.05, 4.69) is 15.3 Å². The van der Waals surface area contributed by atoms with Gasteiger partial charge in [-0.1, -0.05) is 23.7 Å². The summed E-state index contributed by atoms with van der Waals surface area (Å²) in [6.07, 6.45) is 1.58. The molecule has 1 unspecified atom stereocenters. The minimum Gasteiger partial charge on any atom is -0.481 e. The highest BCUT2D eigenvalue weighted by Gasteiger charge is 2.37. The molecular formula is C18H19ClN4O3. The number of carbonyl (C=O) groups excluding carboxylic acids is 1. The molecule has 2 aromatic rings. The fraction of sp³-hybridized carbons (Fsp3) is 0.278. The van der Waals surface area contributed by atoms with Crippen LogP contribution in [0.15, 0.2) is 47.6 Å². The van der Waals surface area contributed by atoms with Crippen molar-refractivity contribution in [3.63, 3.8) is 0 Å². The quantitative estimate of drug-likeness (QED) is 0.870. The fourth-order valence-corrected chi connectivity index (χ4v) is 2.87. The van der Waals surface area contributed by atoms with Gasteiger partial charge in [0.05, 0.1) is 25.4 Å². The number of hydrogen-bond acceptors (Lipinski definition) is 6. The molecule has 2 heterocycles. The molecule has 7 nitrogen and oxygen atoms in total. The van der Waals surface area contributed by atoms with E-state index in [0.717, 1.165) is 5.56 Å². The second-order valence-electron chi connectivity index (χ2n) is 6.02. The number of amides is 1. The van der Waals surface area contributed by atoms with Gasteiger partial charge in [0.1, 0.15) is 0 Å². The number of carbonyl (C=O) groups is 1. The summed E-state index contributed by atoms with van der Waals surface area (Å²) in [7, 11) is 3.28.